The van der Waals surface area contributed by atoms with Crippen LogP contribution in [0.4, 0.5) is 0 Å². The van der Waals surface area contributed by atoms with Crippen LogP contribution in [-0.2, 0) is 0 Å². The van der Waals surface area contributed by atoms with Crippen LogP contribution in [0.1, 0.15) is 66.2 Å². The first-order valence-corrected chi connectivity index (χ1v) is 6.89. The molecule has 0 aliphatic carbocycles. The topological polar surface area (TPSA) is 44.6 Å². The maximum Gasteiger partial charge on any atom is 0.0930 e. The summed E-state index contributed by atoms with van der Waals surface area (Å²) >= 11 is 4.66. The zero-order valence-electron chi connectivity index (χ0n) is 11.8. The molecule has 2 N–H and O–H groups in total. The SMILES string of the molecule is CC(=S)N/N=C(\C)CO.CCCCCCCC. The summed E-state index contributed by atoms with van der Waals surface area (Å²) in [4.78, 5) is 0.600. The molecule has 0 bridgehead atoms. The highest BCUT2D eigenvalue weighted by molar-refractivity contribution is 7.80. The van der Waals surface area contributed by atoms with Crippen LogP contribution in [0, 0.1) is 0 Å². The van der Waals surface area contributed by atoms with Gasteiger partial charge in [-0.25, -0.2) is 0 Å². The number of aliphatic hydroxyl groups excluding tert-OH is 1. The molecule has 0 heterocycles. The fourth-order valence-electron chi connectivity index (χ4n) is 1.06. The van der Waals surface area contributed by atoms with E-state index >= 15 is 0 Å². The van der Waals surface area contributed by atoms with Gasteiger partial charge < -0.3 is 5.11 Å². The van der Waals surface area contributed by atoms with Gasteiger partial charge in [-0.2, -0.15) is 5.10 Å². The molecule has 0 atom stereocenters. The Kier molecular flexibility index (Phi) is 17.2. The second-order valence-electron chi connectivity index (χ2n) is 4.09. The first-order valence-electron chi connectivity index (χ1n) is 6.49. The molecule has 0 spiro atoms. The summed E-state index contributed by atoms with van der Waals surface area (Å²) in [5.74, 6) is 0. The smallest absolute Gasteiger partial charge is 0.0930 e. The standard InChI is InChI=1S/C8H18.C5H10N2OS/c1-3-5-7-8-6-4-2;1-4(3-8)6-7-5(2)9/h3-8H2,1-2H3;8H,3H2,1-2H3,(H,7,9)/b;6-4+. The average Bonchev–Trinajstić information content (AvgIpc) is 2.32. The molecule has 0 aromatic rings. The van der Waals surface area contributed by atoms with Crippen molar-refractivity contribution in [1.82, 2.24) is 5.43 Å². The number of nitrogens with zero attached hydrogens (tertiary/aromatic N) is 1. The van der Waals surface area contributed by atoms with Gasteiger partial charge in [0, 0.05) is 0 Å². The van der Waals surface area contributed by atoms with E-state index in [0.717, 1.165) is 0 Å². The van der Waals surface area contributed by atoms with E-state index in [1.807, 2.05) is 0 Å². The quantitative estimate of drug-likeness (QED) is 0.318. The number of hydrogen-bond acceptors (Lipinski definition) is 3. The molecule has 0 fully saturated rings. The number of hydrazone groups is 1. The fourth-order valence-corrected chi connectivity index (χ4v) is 1.11. The normalized spacial score (nSPS) is 10.5. The van der Waals surface area contributed by atoms with Crippen molar-refractivity contribution in [2.24, 2.45) is 5.10 Å². The fraction of sp³-hybridized carbons (Fsp3) is 0.846. The van der Waals surface area contributed by atoms with Gasteiger partial charge in [0.25, 0.3) is 0 Å². The molecule has 0 unspecified atom stereocenters. The van der Waals surface area contributed by atoms with Crippen molar-refractivity contribution < 1.29 is 5.11 Å². The highest BCUT2D eigenvalue weighted by Crippen LogP contribution is 2.03. The molecule has 0 aromatic carbocycles. The number of aliphatic hydroxyl groups is 1. The van der Waals surface area contributed by atoms with Gasteiger partial charge in [0.15, 0.2) is 0 Å². The molecule has 0 aliphatic rings. The van der Waals surface area contributed by atoms with Crippen LogP contribution in [0.25, 0.3) is 0 Å². The van der Waals surface area contributed by atoms with Gasteiger partial charge >= 0.3 is 0 Å². The zero-order chi connectivity index (χ0) is 13.5. The number of unbranched alkanes of at least 4 members (excludes halogenated alkanes) is 5. The van der Waals surface area contributed by atoms with Crippen molar-refractivity contribution in [2.75, 3.05) is 6.61 Å². The minimum atomic E-state index is -0.0321. The van der Waals surface area contributed by atoms with E-state index in [2.05, 4.69) is 36.6 Å². The molecule has 0 radical (unpaired) electrons. The van der Waals surface area contributed by atoms with Gasteiger partial charge in [-0.05, 0) is 13.8 Å². The monoisotopic (exact) mass is 260 g/mol. The summed E-state index contributed by atoms with van der Waals surface area (Å²) in [5, 5.41) is 12.2. The van der Waals surface area contributed by atoms with E-state index in [4.69, 9.17) is 5.11 Å². The highest BCUT2D eigenvalue weighted by atomic mass is 32.1. The summed E-state index contributed by atoms with van der Waals surface area (Å²) in [7, 11) is 0. The summed E-state index contributed by atoms with van der Waals surface area (Å²) in [5.41, 5.74) is 3.18. The maximum absolute atomic E-state index is 8.43. The number of rotatable bonds is 7. The van der Waals surface area contributed by atoms with Crippen LogP contribution >= 0.6 is 12.2 Å². The maximum atomic E-state index is 8.43. The molecule has 0 aliphatic heterocycles. The lowest BCUT2D eigenvalue weighted by atomic mass is 10.1. The van der Waals surface area contributed by atoms with Crippen LogP contribution in [0.3, 0.4) is 0 Å². The molecule has 0 saturated carbocycles. The summed E-state index contributed by atoms with van der Waals surface area (Å²) in [6.07, 6.45) is 8.49. The van der Waals surface area contributed by atoms with Gasteiger partial charge in [0.1, 0.15) is 0 Å². The van der Waals surface area contributed by atoms with Gasteiger partial charge in [-0.15, -0.1) is 0 Å². The third kappa shape index (κ3) is 21.4. The number of nitrogens with one attached hydrogen (secondary N) is 1. The largest absolute Gasteiger partial charge is 0.390 e. The Hall–Kier alpha value is -0.480. The first kappa shape index (κ1) is 18.9. The molecule has 0 saturated heterocycles. The average molecular weight is 260 g/mol. The van der Waals surface area contributed by atoms with Gasteiger partial charge in [0.2, 0.25) is 0 Å². The van der Waals surface area contributed by atoms with Crippen LogP contribution in [0.2, 0.25) is 0 Å². The van der Waals surface area contributed by atoms with Crippen LogP contribution in [-0.4, -0.2) is 22.4 Å². The van der Waals surface area contributed by atoms with Crippen molar-refractivity contribution in [2.45, 2.75) is 66.2 Å². The van der Waals surface area contributed by atoms with Crippen molar-refractivity contribution in [3.05, 3.63) is 0 Å². The lowest BCUT2D eigenvalue weighted by Gasteiger charge is -1.95. The third-order valence-corrected chi connectivity index (χ3v) is 2.18. The Morgan fingerprint density at radius 1 is 1.06 bits per heavy atom. The van der Waals surface area contributed by atoms with Crippen molar-refractivity contribution in [3.63, 3.8) is 0 Å². The van der Waals surface area contributed by atoms with Crippen LogP contribution < -0.4 is 5.43 Å². The number of hydrogen-bond donors (Lipinski definition) is 2. The Labute approximate surface area is 112 Å². The van der Waals surface area contributed by atoms with Crippen molar-refractivity contribution in [1.29, 1.82) is 0 Å². The number of thiocarbonyl (C=S) groups is 1. The van der Waals surface area contributed by atoms with E-state index in [9.17, 15) is 0 Å². The Balaban J connectivity index is 0. The van der Waals surface area contributed by atoms with Gasteiger partial charge in [-0.3, -0.25) is 5.43 Å². The van der Waals surface area contributed by atoms with Crippen molar-refractivity contribution >= 4 is 22.9 Å². The van der Waals surface area contributed by atoms with Crippen molar-refractivity contribution in [3.8, 4) is 0 Å². The lowest BCUT2D eigenvalue weighted by molar-refractivity contribution is 0.356. The Bertz CT molecular complexity index is 200. The summed E-state index contributed by atoms with van der Waals surface area (Å²) < 4.78 is 0. The van der Waals surface area contributed by atoms with Crippen LogP contribution in [0.15, 0.2) is 5.10 Å². The van der Waals surface area contributed by atoms with Crippen LogP contribution in [0.5, 0.6) is 0 Å². The minimum absolute atomic E-state index is 0.0321. The minimum Gasteiger partial charge on any atom is -0.390 e. The second-order valence-corrected chi connectivity index (χ2v) is 4.70. The summed E-state index contributed by atoms with van der Waals surface area (Å²) in [6.45, 7) is 7.92. The predicted molar refractivity (Wildman–Crippen MR) is 80.7 cm³/mol. The van der Waals surface area contributed by atoms with E-state index in [1.165, 1.54) is 38.5 Å². The molecular formula is C13H28N2OS. The molecule has 4 heteroatoms. The second kappa shape index (κ2) is 15.5. The van der Waals surface area contributed by atoms with Gasteiger partial charge in [-0.1, -0.05) is 64.6 Å². The zero-order valence-corrected chi connectivity index (χ0v) is 12.6. The third-order valence-electron chi connectivity index (χ3n) is 2.09. The highest BCUT2D eigenvalue weighted by Gasteiger charge is 1.84. The first-order chi connectivity index (χ1) is 8.08. The van der Waals surface area contributed by atoms with Gasteiger partial charge in [0.05, 0.1) is 17.3 Å². The molecule has 3 nitrogen and oxygen atoms in total. The summed E-state index contributed by atoms with van der Waals surface area (Å²) in [6, 6.07) is 0. The Morgan fingerprint density at radius 3 is 1.82 bits per heavy atom. The molecule has 0 amide bonds. The molecule has 0 aromatic heterocycles. The molecule has 17 heavy (non-hydrogen) atoms. The molecular weight excluding hydrogens is 232 g/mol. The van der Waals surface area contributed by atoms with E-state index in [0.29, 0.717) is 10.7 Å². The predicted octanol–water partition coefficient (Wildman–Crippen LogP) is 3.66. The molecule has 102 valence electrons. The molecule has 0 rings (SSSR count). The van der Waals surface area contributed by atoms with E-state index < -0.39 is 0 Å². The Morgan fingerprint density at radius 2 is 1.53 bits per heavy atom. The van der Waals surface area contributed by atoms with E-state index in [-0.39, 0.29) is 6.61 Å². The lowest BCUT2D eigenvalue weighted by Crippen LogP contribution is -2.14. The van der Waals surface area contributed by atoms with E-state index in [1.54, 1.807) is 13.8 Å².